The fourth-order valence-corrected chi connectivity index (χ4v) is 2.19. The van der Waals surface area contributed by atoms with Crippen molar-refractivity contribution in [3.8, 4) is 0 Å². The van der Waals surface area contributed by atoms with Crippen molar-refractivity contribution in [2.45, 2.75) is 20.1 Å². The molecule has 0 bridgehead atoms. The lowest BCUT2D eigenvalue weighted by Crippen LogP contribution is -2.29. The zero-order valence-corrected chi connectivity index (χ0v) is 13.7. The largest absolute Gasteiger partial charge is 0.477 e. The van der Waals surface area contributed by atoms with Crippen LogP contribution in [0.1, 0.15) is 19.4 Å². The summed E-state index contributed by atoms with van der Waals surface area (Å²) in [5, 5.41) is 0. The Hall–Kier alpha value is -3.02. The van der Waals surface area contributed by atoms with Crippen molar-refractivity contribution in [1.29, 1.82) is 0 Å². The van der Waals surface area contributed by atoms with Gasteiger partial charge in [0.1, 0.15) is 12.1 Å². The molecule has 1 unspecified atom stereocenters. The molecule has 0 spiro atoms. The molecule has 126 valence electrons. The molecule has 0 saturated heterocycles. The predicted octanol–water partition coefficient (Wildman–Crippen LogP) is 3.05. The monoisotopic (exact) mass is 328 g/mol. The van der Waals surface area contributed by atoms with Gasteiger partial charge in [-0.2, -0.15) is 0 Å². The van der Waals surface area contributed by atoms with Crippen molar-refractivity contribution in [2.75, 3.05) is 0 Å². The predicted molar refractivity (Wildman–Crippen MR) is 94.6 cm³/mol. The highest BCUT2D eigenvalue weighted by Gasteiger charge is 2.24. The van der Waals surface area contributed by atoms with Crippen molar-refractivity contribution in [1.82, 2.24) is 4.90 Å². The molecule has 0 fully saturated rings. The van der Waals surface area contributed by atoms with Crippen LogP contribution in [0.5, 0.6) is 0 Å². The lowest BCUT2D eigenvalue weighted by atomic mass is 10.1. The first-order valence-electron chi connectivity index (χ1n) is 7.42. The van der Waals surface area contributed by atoms with Crippen molar-refractivity contribution in [3.63, 3.8) is 0 Å². The molecule has 5 nitrogen and oxygen atoms in total. The van der Waals surface area contributed by atoms with Gasteiger partial charge in [0.25, 0.3) is 0 Å². The molecule has 1 aliphatic heterocycles. The van der Waals surface area contributed by atoms with Crippen LogP contribution in [-0.4, -0.2) is 17.3 Å². The lowest BCUT2D eigenvalue weighted by Gasteiger charge is -2.26. The normalized spacial score (nSPS) is 18.7. The molecule has 0 aliphatic carbocycles. The number of aliphatic imine (C=N–C) groups is 1. The van der Waals surface area contributed by atoms with Crippen molar-refractivity contribution < 1.29 is 9.13 Å². The van der Waals surface area contributed by atoms with Gasteiger partial charge >= 0.3 is 0 Å². The molecular formula is C18H21FN4O. The molecule has 1 atom stereocenters. The van der Waals surface area contributed by atoms with Crippen LogP contribution in [-0.2, 0) is 4.74 Å². The van der Waals surface area contributed by atoms with E-state index < -0.39 is 0 Å². The molecule has 0 aromatic heterocycles. The van der Waals surface area contributed by atoms with E-state index in [1.54, 1.807) is 48.7 Å². The summed E-state index contributed by atoms with van der Waals surface area (Å²) < 4.78 is 18.6. The molecule has 24 heavy (non-hydrogen) atoms. The van der Waals surface area contributed by atoms with Gasteiger partial charge in [0.15, 0.2) is 6.23 Å². The second-order valence-corrected chi connectivity index (χ2v) is 5.33. The Labute approximate surface area is 141 Å². The zero-order valence-electron chi connectivity index (χ0n) is 13.7. The van der Waals surface area contributed by atoms with Crippen molar-refractivity contribution >= 4 is 11.9 Å². The minimum atomic E-state index is -0.331. The summed E-state index contributed by atoms with van der Waals surface area (Å²) in [4.78, 5) is 5.88. The summed E-state index contributed by atoms with van der Waals surface area (Å²) in [6.07, 6.45) is 6.24. The number of rotatable bonds is 5. The number of halogens is 1. The van der Waals surface area contributed by atoms with Crippen LogP contribution < -0.4 is 11.5 Å². The van der Waals surface area contributed by atoms with Crippen molar-refractivity contribution in [2.24, 2.45) is 16.5 Å². The van der Waals surface area contributed by atoms with E-state index in [4.69, 9.17) is 16.2 Å². The van der Waals surface area contributed by atoms with Crippen LogP contribution in [0.15, 0.2) is 71.5 Å². The standard InChI is InChI=1S/C18H21FN4O/c1-12(2)22-9-8-16(20)18(23-10-11-24-13(23)3)17(21)14-4-6-15(19)7-5-14/h4-11,13H,1,20-21H2,2-3H3/b16-8-,18-17-,22-9?. The molecule has 1 aromatic rings. The maximum absolute atomic E-state index is 13.2. The Bertz CT molecular complexity index is 732. The first kappa shape index (κ1) is 17.3. The Kier molecular flexibility index (Phi) is 5.42. The maximum Gasteiger partial charge on any atom is 0.172 e. The molecule has 0 amide bonds. The van der Waals surface area contributed by atoms with Crippen LogP contribution in [0, 0.1) is 5.82 Å². The first-order chi connectivity index (χ1) is 11.4. The summed E-state index contributed by atoms with van der Waals surface area (Å²) in [5.41, 5.74) is 15.2. The summed E-state index contributed by atoms with van der Waals surface area (Å²) in [6, 6.07) is 5.90. The maximum atomic E-state index is 13.2. The summed E-state index contributed by atoms with van der Waals surface area (Å²) in [7, 11) is 0. The quantitative estimate of drug-likeness (QED) is 0.643. The minimum absolute atomic E-state index is 0.260. The van der Waals surface area contributed by atoms with Gasteiger partial charge in [0.05, 0.1) is 17.1 Å². The van der Waals surface area contributed by atoms with Crippen LogP contribution in [0.25, 0.3) is 5.70 Å². The number of hydrogen-bond acceptors (Lipinski definition) is 5. The third-order valence-corrected chi connectivity index (χ3v) is 3.38. The average molecular weight is 328 g/mol. The summed E-state index contributed by atoms with van der Waals surface area (Å²) >= 11 is 0. The molecule has 6 heteroatoms. The molecule has 0 saturated carbocycles. The van der Waals surface area contributed by atoms with E-state index in [-0.39, 0.29) is 12.0 Å². The minimum Gasteiger partial charge on any atom is -0.477 e. The highest BCUT2D eigenvalue weighted by Crippen LogP contribution is 2.26. The van der Waals surface area contributed by atoms with Crippen LogP contribution in [0.4, 0.5) is 4.39 Å². The Morgan fingerprint density at radius 1 is 1.33 bits per heavy atom. The number of nitrogens with zero attached hydrogens (tertiary/aromatic N) is 2. The lowest BCUT2D eigenvalue weighted by molar-refractivity contribution is 0.0967. The summed E-state index contributed by atoms with van der Waals surface area (Å²) in [6.45, 7) is 7.34. The van der Waals surface area contributed by atoms with Gasteiger partial charge in [0.2, 0.25) is 0 Å². The fourth-order valence-electron chi connectivity index (χ4n) is 2.19. The third-order valence-electron chi connectivity index (χ3n) is 3.38. The second kappa shape index (κ2) is 7.50. The third kappa shape index (κ3) is 4.04. The van der Waals surface area contributed by atoms with E-state index >= 15 is 0 Å². The van der Waals surface area contributed by atoms with Gasteiger partial charge < -0.3 is 21.1 Å². The van der Waals surface area contributed by atoms with Crippen LogP contribution in [0.3, 0.4) is 0 Å². The van der Waals surface area contributed by atoms with Crippen molar-refractivity contribution in [3.05, 3.63) is 77.9 Å². The van der Waals surface area contributed by atoms with Gasteiger partial charge in [-0.3, -0.25) is 4.99 Å². The van der Waals surface area contributed by atoms with Gasteiger partial charge in [-0.25, -0.2) is 4.39 Å². The van der Waals surface area contributed by atoms with Crippen LogP contribution in [0.2, 0.25) is 0 Å². The Balaban J connectivity index is 2.49. The molecule has 2 rings (SSSR count). The number of benzene rings is 1. The van der Waals surface area contributed by atoms with E-state index in [0.717, 1.165) is 0 Å². The van der Waals surface area contributed by atoms with E-state index in [9.17, 15) is 4.39 Å². The van der Waals surface area contributed by atoms with E-state index in [0.29, 0.717) is 28.4 Å². The number of ether oxygens (including phenoxy) is 1. The molecule has 1 aromatic carbocycles. The topological polar surface area (TPSA) is 76.9 Å². The first-order valence-corrected chi connectivity index (χ1v) is 7.42. The molecule has 1 aliphatic rings. The number of allylic oxidation sites excluding steroid dienone is 2. The van der Waals surface area contributed by atoms with E-state index in [1.165, 1.54) is 12.1 Å². The van der Waals surface area contributed by atoms with Gasteiger partial charge in [-0.1, -0.05) is 6.58 Å². The molecule has 1 heterocycles. The highest BCUT2D eigenvalue weighted by atomic mass is 19.1. The molecular weight excluding hydrogens is 307 g/mol. The van der Waals surface area contributed by atoms with Gasteiger partial charge in [-0.15, -0.1) is 0 Å². The van der Waals surface area contributed by atoms with Gasteiger partial charge in [-0.05, 0) is 49.8 Å². The zero-order chi connectivity index (χ0) is 17.7. The summed E-state index contributed by atoms with van der Waals surface area (Å²) in [5.74, 6) is -0.331. The van der Waals surface area contributed by atoms with E-state index in [2.05, 4.69) is 11.6 Å². The average Bonchev–Trinajstić information content (AvgIpc) is 2.94. The number of nitrogens with two attached hydrogens (primary N) is 2. The molecule has 0 radical (unpaired) electrons. The smallest absolute Gasteiger partial charge is 0.172 e. The second-order valence-electron chi connectivity index (χ2n) is 5.33. The SMILES string of the molecule is C=C(C)N=C/C=C(N)/C(=C(/N)c1ccc(F)cc1)N1C=COC1C. The Morgan fingerprint density at radius 2 is 2.00 bits per heavy atom. The van der Waals surface area contributed by atoms with Gasteiger partial charge in [0, 0.05) is 18.1 Å². The Morgan fingerprint density at radius 3 is 2.54 bits per heavy atom. The molecule has 4 N–H and O–H groups in total. The number of hydrogen-bond donors (Lipinski definition) is 2. The highest BCUT2D eigenvalue weighted by molar-refractivity contribution is 5.77. The van der Waals surface area contributed by atoms with E-state index in [1.807, 2.05) is 6.92 Å². The van der Waals surface area contributed by atoms with Crippen LogP contribution >= 0.6 is 0 Å². The fraction of sp³-hybridized carbons (Fsp3) is 0.167.